The number of halogens is 4. The fraction of sp³-hybridized carbons (Fsp3) is 0.588. The maximum Gasteiger partial charge on any atom is 0.422 e. The maximum atomic E-state index is 12.2. The van der Waals surface area contributed by atoms with Crippen LogP contribution in [0.2, 0.25) is 0 Å². The molecule has 2 N–H and O–H groups in total. The van der Waals surface area contributed by atoms with Crippen molar-refractivity contribution in [3.05, 3.63) is 24.3 Å². The summed E-state index contributed by atoms with van der Waals surface area (Å²) in [6.07, 6.45) is -1.76. The molecule has 1 heterocycles. The average molecular weight is 381 g/mol. The van der Waals surface area contributed by atoms with E-state index in [1.165, 1.54) is 12.1 Å². The highest BCUT2D eigenvalue weighted by Gasteiger charge is 2.28. The second kappa shape index (κ2) is 9.87. The fourth-order valence-electron chi connectivity index (χ4n) is 2.86. The minimum Gasteiger partial charge on any atom is -0.484 e. The lowest BCUT2D eigenvalue weighted by Gasteiger charge is -2.28. The summed E-state index contributed by atoms with van der Waals surface area (Å²) < 4.78 is 41.2. The summed E-state index contributed by atoms with van der Waals surface area (Å²) in [4.78, 5) is 12.1. The van der Waals surface area contributed by atoms with Crippen LogP contribution in [0.3, 0.4) is 0 Å². The second-order valence-electron chi connectivity index (χ2n) is 6.27. The lowest BCUT2D eigenvalue weighted by atomic mass is 9.85. The third kappa shape index (κ3) is 7.96. The predicted octanol–water partition coefficient (Wildman–Crippen LogP) is 4.01. The van der Waals surface area contributed by atoms with Crippen LogP contribution in [-0.2, 0) is 4.79 Å². The minimum absolute atomic E-state index is 0. The molecule has 1 aromatic rings. The summed E-state index contributed by atoms with van der Waals surface area (Å²) >= 11 is 0. The van der Waals surface area contributed by atoms with Gasteiger partial charge in [-0.1, -0.05) is 13.0 Å². The number of benzene rings is 1. The zero-order valence-corrected chi connectivity index (χ0v) is 14.9. The average Bonchev–Trinajstić information content (AvgIpc) is 2.53. The summed E-state index contributed by atoms with van der Waals surface area (Å²) in [5.41, 5.74) is 0.439. The van der Waals surface area contributed by atoms with Gasteiger partial charge in [0.2, 0.25) is 5.91 Å². The standard InChI is InChI=1S/C17H23F3N2O2.ClH/c1-12(13-4-3-7-21-10-13)8-16(23)22-14-5-2-6-15(9-14)24-11-17(18,19)20;/h2,5-6,9,12-13,21H,3-4,7-8,10-11H2,1H3,(H,22,23);1H. The first kappa shape index (κ1) is 21.6. The second-order valence-corrected chi connectivity index (χ2v) is 6.27. The van der Waals surface area contributed by atoms with E-state index in [4.69, 9.17) is 0 Å². The van der Waals surface area contributed by atoms with Gasteiger partial charge in [-0.25, -0.2) is 0 Å². The van der Waals surface area contributed by atoms with E-state index in [9.17, 15) is 18.0 Å². The Hall–Kier alpha value is -1.47. The Kier molecular flexibility index (Phi) is 8.52. The number of piperidine rings is 1. The van der Waals surface area contributed by atoms with E-state index in [-0.39, 0.29) is 30.0 Å². The monoisotopic (exact) mass is 380 g/mol. The van der Waals surface area contributed by atoms with Gasteiger partial charge in [-0.2, -0.15) is 13.2 Å². The topological polar surface area (TPSA) is 50.4 Å². The van der Waals surface area contributed by atoms with Crippen molar-refractivity contribution in [2.45, 2.75) is 32.4 Å². The van der Waals surface area contributed by atoms with Crippen LogP contribution in [0.5, 0.6) is 5.75 Å². The van der Waals surface area contributed by atoms with Crippen molar-refractivity contribution in [1.29, 1.82) is 0 Å². The van der Waals surface area contributed by atoms with Crippen LogP contribution < -0.4 is 15.4 Å². The quantitative estimate of drug-likeness (QED) is 0.783. The van der Waals surface area contributed by atoms with Crippen LogP contribution in [0, 0.1) is 11.8 Å². The van der Waals surface area contributed by atoms with Gasteiger partial charge in [0.15, 0.2) is 6.61 Å². The number of hydrogen-bond acceptors (Lipinski definition) is 3. The molecule has 8 heteroatoms. The molecule has 2 unspecified atom stereocenters. The lowest BCUT2D eigenvalue weighted by Crippen LogP contribution is -2.34. The molecule has 0 radical (unpaired) electrons. The SMILES string of the molecule is CC(CC(=O)Nc1cccc(OCC(F)(F)F)c1)C1CCCNC1.Cl. The number of hydrogen-bond donors (Lipinski definition) is 2. The highest BCUT2D eigenvalue weighted by Crippen LogP contribution is 2.24. The van der Waals surface area contributed by atoms with Crippen molar-refractivity contribution < 1.29 is 22.7 Å². The highest BCUT2D eigenvalue weighted by atomic mass is 35.5. The van der Waals surface area contributed by atoms with E-state index in [1.807, 2.05) is 0 Å². The number of anilines is 1. The van der Waals surface area contributed by atoms with Gasteiger partial charge in [-0.15, -0.1) is 12.4 Å². The van der Waals surface area contributed by atoms with E-state index in [0.717, 1.165) is 25.9 Å². The number of amides is 1. The normalized spacial score (nSPS) is 18.8. The summed E-state index contributed by atoms with van der Waals surface area (Å²) in [6, 6.07) is 6.01. The molecular formula is C17H24ClF3N2O2. The molecule has 0 saturated carbocycles. The molecule has 1 amide bonds. The van der Waals surface area contributed by atoms with Crippen LogP contribution in [0.1, 0.15) is 26.2 Å². The zero-order chi connectivity index (χ0) is 17.6. The molecule has 1 fully saturated rings. The third-order valence-corrected chi connectivity index (χ3v) is 4.17. The molecule has 0 aromatic heterocycles. The Morgan fingerprint density at radius 1 is 1.44 bits per heavy atom. The molecule has 2 rings (SSSR count). The number of alkyl halides is 3. The fourth-order valence-corrected chi connectivity index (χ4v) is 2.86. The molecule has 0 aliphatic carbocycles. The Morgan fingerprint density at radius 2 is 2.20 bits per heavy atom. The van der Waals surface area contributed by atoms with Crippen LogP contribution in [-0.4, -0.2) is 31.8 Å². The van der Waals surface area contributed by atoms with Crippen molar-refractivity contribution in [3.8, 4) is 5.75 Å². The van der Waals surface area contributed by atoms with Crippen molar-refractivity contribution in [2.24, 2.45) is 11.8 Å². The molecule has 1 saturated heterocycles. The highest BCUT2D eigenvalue weighted by molar-refractivity contribution is 5.91. The van der Waals surface area contributed by atoms with Gasteiger partial charge in [-0.3, -0.25) is 4.79 Å². The number of carbonyl (C=O) groups is 1. The van der Waals surface area contributed by atoms with Gasteiger partial charge in [0, 0.05) is 18.2 Å². The van der Waals surface area contributed by atoms with E-state index in [0.29, 0.717) is 18.0 Å². The summed E-state index contributed by atoms with van der Waals surface area (Å²) in [5, 5.41) is 6.06. The smallest absolute Gasteiger partial charge is 0.422 e. The molecule has 1 aliphatic rings. The summed E-state index contributed by atoms with van der Waals surface area (Å²) in [5.74, 6) is 0.670. The van der Waals surface area contributed by atoms with Gasteiger partial charge in [0.1, 0.15) is 5.75 Å². The predicted molar refractivity (Wildman–Crippen MR) is 93.2 cm³/mol. The number of ether oxygens (including phenoxy) is 1. The molecule has 2 atom stereocenters. The first-order valence-corrected chi connectivity index (χ1v) is 8.13. The Bertz CT molecular complexity index is 549. The van der Waals surface area contributed by atoms with Crippen molar-refractivity contribution in [3.63, 3.8) is 0 Å². The first-order chi connectivity index (χ1) is 11.3. The Labute approximate surface area is 151 Å². The van der Waals surface area contributed by atoms with Gasteiger partial charge < -0.3 is 15.4 Å². The van der Waals surface area contributed by atoms with Gasteiger partial charge in [-0.05, 0) is 49.9 Å². The molecule has 142 valence electrons. The Balaban J connectivity index is 0.00000312. The van der Waals surface area contributed by atoms with Gasteiger partial charge in [0.25, 0.3) is 0 Å². The molecule has 25 heavy (non-hydrogen) atoms. The van der Waals surface area contributed by atoms with Crippen molar-refractivity contribution in [2.75, 3.05) is 25.0 Å². The maximum absolute atomic E-state index is 12.2. The third-order valence-electron chi connectivity index (χ3n) is 4.17. The first-order valence-electron chi connectivity index (χ1n) is 8.13. The molecular weight excluding hydrogens is 357 g/mol. The van der Waals surface area contributed by atoms with E-state index in [2.05, 4.69) is 22.3 Å². The molecule has 0 bridgehead atoms. The van der Waals surface area contributed by atoms with E-state index >= 15 is 0 Å². The number of nitrogens with one attached hydrogen (secondary N) is 2. The van der Waals surface area contributed by atoms with Crippen LogP contribution >= 0.6 is 12.4 Å². The summed E-state index contributed by atoms with van der Waals surface area (Å²) in [7, 11) is 0. The summed E-state index contributed by atoms with van der Waals surface area (Å²) in [6.45, 7) is 2.66. The molecule has 1 aliphatic heterocycles. The van der Waals surface area contributed by atoms with Crippen LogP contribution in [0.15, 0.2) is 24.3 Å². The molecule has 0 spiro atoms. The Morgan fingerprint density at radius 3 is 2.84 bits per heavy atom. The van der Waals surface area contributed by atoms with Gasteiger partial charge >= 0.3 is 6.18 Å². The lowest BCUT2D eigenvalue weighted by molar-refractivity contribution is -0.153. The van der Waals surface area contributed by atoms with E-state index < -0.39 is 12.8 Å². The van der Waals surface area contributed by atoms with Crippen molar-refractivity contribution >= 4 is 24.0 Å². The molecule has 4 nitrogen and oxygen atoms in total. The van der Waals surface area contributed by atoms with Crippen LogP contribution in [0.4, 0.5) is 18.9 Å². The van der Waals surface area contributed by atoms with Crippen molar-refractivity contribution in [1.82, 2.24) is 5.32 Å². The molecule has 1 aromatic carbocycles. The van der Waals surface area contributed by atoms with Gasteiger partial charge in [0.05, 0.1) is 0 Å². The van der Waals surface area contributed by atoms with E-state index in [1.54, 1.807) is 12.1 Å². The minimum atomic E-state index is -4.39. The largest absolute Gasteiger partial charge is 0.484 e. The van der Waals surface area contributed by atoms with Crippen LogP contribution in [0.25, 0.3) is 0 Å². The zero-order valence-electron chi connectivity index (χ0n) is 14.1. The number of rotatable bonds is 6. The number of carbonyl (C=O) groups excluding carboxylic acids is 1.